The summed E-state index contributed by atoms with van der Waals surface area (Å²) in [5.74, 6) is 0. The number of hydrogen-bond donors (Lipinski definition) is 3. The first-order chi connectivity index (χ1) is 10.6. The standard InChI is InChI=1S/C11H17NO2.C7H9N/c1-10-2-4-11(5-3-10)12(6-8-13)7-9-14;1-6-2-4-7(8)5-3-6/h2-5,13-14H,6-9H2,1H3;2-5H,8H2,1H3. The van der Waals surface area contributed by atoms with Crippen LogP contribution in [-0.2, 0) is 0 Å². The summed E-state index contributed by atoms with van der Waals surface area (Å²) in [4.78, 5) is 1.96. The molecule has 4 N–H and O–H groups in total. The minimum atomic E-state index is 0.105. The van der Waals surface area contributed by atoms with Crippen molar-refractivity contribution in [1.29, 1.82) is 0 Å². The maximum Gasteiger partial charge on any atom is 0.0606 e. The van der Waals surface area contributed by atoms with Crippen molar-refractivity contribution in [2.45, 2.75) is 13.8 Å². The molecule has 2 aromatic rings. The molecule has 0 aliphatic carbocycles. The van der Waals surface area contributed by atoms with Crippen molar-refractivity contribution in [3.63, 3.8) is 0 Å². The van der Waals surface area contributed by atoms with Crippen molar-refractivity contribution in [3.8, 4) is 0 Å². The molecule has 0 unspecified atom stereocenters. The van der Waals surface area contributed by atoms with E-state index in [9.17, 15) is 0 Å². The number of nitrogens with two attached hydrogens (primary N) is 1. The molecule has 0 aliphatic heterocycles. The summed E-state index contributed by atoms with van der Waals surface area (Å²) in [6, 6.07) is 15.8. The van der Waals surface area contributed by atoms with Crippen LogP contribution in [0.2, 0.25) is 0 Å². The summed E-state index contributed by atoms with van der Waals surface area (Å²) in [7, 11) is 0. The highest BCUT2D eigenvalue weighted by atomic mass is 16.3. The fourth-order valence-electron chi connectivity index (χ4n) is 1.93. The monoisotopic (exact) mass is 302 g/mol. The van der Waals surface area contributed by atoms with Crippen LogP contribution in [0.3, 0.4) is 0 Å². The van der Waals surface area contributed by atoms with Gasteiger partial charge in [-0.3, -0.25) is 0 Å². The molecule has 0 heterocycles. The van der Waals surface area contributed by atoms with Crippen LogP contribution in [0.4, 0.5) is 11.4 Å². The summed E-state index contributed by atoms with van der Waals surface area (Å²) in [6.07, 6.45) is 0. The van der Waals surface area contributed by atoms with Gasteiger partial charge in [-0.05, 0) is 38.1 Å². The average Bonchev–Trinajstić information content (AvgIpc) is 2.52. The third-order valence-electron chi connectivity index (χ3n) is 3.22. The summed E-state index contributed by atoms with van der Waals surface area (Å²) in [5.41, 5.74) is 9.76. The summed E-state index contributed by atoms with van der Waals surface area (Å²) in [6.45, 7) is 5.40. The van der Waals surface area contributed by atoms with Gasteiger partial charge >= 0.3 is 0 Å². The van der Waals surface area contributed by atoms with Crippen LogP contribution in [0, 0.1) is 13.8 Å². The Hall–Kier alpha value is -2.04. The van der Waals surface area contributed by atoms with E-state index < -0.39 is 0 Å². The minimum absolute atomic E-state index is 0.105. The Kier molecular flexibility index (Phi) is 8.04. The number of nitrogen functional groups attached to an aromatic ring is 1. The predicted octanol–water partition coefficient (Wildman–Crippen LogP) is 2.36. The largest absolute Gasteiger partial charge is 0.399 e. The van der Waals surface area contributed by atoms with Crippen molar-refractivity contribution in [2.24, 2.45) is 0 Å². The molecule has 0 fully saturated rings. The molecule has 0 saturated heterocycles. The second-order valence-electron chi connectivity index (χ2n) is 5.18. The molecular formula is C18H26N2O2. The molecule has 0 saturated carbocycles. The summed E-state index contributed by atoms with van der Waals surface area (Å²) >= 11 is 0. The van der Waals surface area contributed by atoms with Crippen LogP contribution < -0.4 is 10.6 Å². The smallest absolute Gasteiger partial charge is 0.0606 e. The van der Waals surface area contributed by atoms with E-state index in [0.717, 1.165) is 11.4 Å². The molecule has 0 bridgehead atoms. The number of benzene rings is 2. The first kappa shape index (κ1) is 18.0. The first-order valence-electron chi connectivity index (χ1n) is 7.42. The Morgan fingerprint density at radius 3 is 1.55 bits per heavy atom. The van der Waals surface area contributed by atoms with E-state index in [-0.39, 0.29) is 13.2 Å². The zero-order chi connectivity index (χ0) is 16.4. The second-order valence-corrected chi connectivity index (χ2v) is 5.18. The lowest BCUT2D eigenvalue weighted by atomic mass is 10.2. The van der Waals surface area contributed by atoms with E-state index in [1.165, 1.54) is 11.1 Å². The third-order valence-corrected chi connectivity index (χ3v) is 3.22. The molecule has 22 heavy (non-hydrogen) atoms. The number of hydrogen-bond acceptors (Lipinski definition) is 4. The maximum absolute atomic E-state index is 8.86. The topological polar surface area (TPSA) is 69.7 Å². The summed E-state index contributed by atoms with van der Waals surface area (Å²) in [5, 5.41) is 17.7. The molecule has 4 heteroatoms. The molecule has 0 aliphatic rings. The van der Waals surface area contributed by atoms with Gasteiger partial charge < -0.3 is 20.8 Å². The van der Waals surface area contributed by atoms with Crippen molar-refractivity contribution in [2.75, 3.05) is 36.9 Å². The zero-order valence-electron chi connectivity index (χ0n) is 13.4. The fraction of sp³-hybridized carbons (Fsp3) is 0.333. The van der Waals surface area contributed by atoms with E-state index in [2.05, 4.69) is 0 Å². The van der Waals surface area contributed by atoms with Gasteiger partial charge in [0.2, 0.25) is 0 Å². The van der Waals surface area contributed by atoms with E-state index >= 15 is 0 Å². The molecule has 0 aromatic heterocycles. The van der Waals surface area contributed by atoms with Crippen LogP contribution in [0.15, 0.2) is 48.5 Å². The van der Waals surface area contributed by atoms with E-state index in [0.29, 0.717) is 13.1 Å². The van der Waals surface area contributed by atoms with Gasteiger partial charge in [0.05, 0.1) is 13.2 Å². The van der Waals surface area contributed by atoms with E-state index in [1.54, 1.807) is 0 Å². The molecule has 0 radical (unpaired) electrons. The highest BCUT2D eigenvalue weighted by molar-refractivity contribution is 5.47. The van der Waals surface area contributed by atoms with Gasteiger partial charge in [0.15, 0.2) is 0 Å². The van der Waals surface area contributed by atoms with Crippen LogP contribution in [0.1, 0.15) is 11.1 Å². The molecule has 0 spiro atoms. The van der Waals surface area contributed by atoms with Crippen molar-refractivity contribution in [1.82, 2.24) is 0 Å². The quantitative estimate of drug-likeness (QED) is 0.742. The first-order valence-corrected chi connectivity index (χ1v) is 7.42. The second kappa shape index (κ2) is 9.82. The van der Waals surface area contributed by atoms with Gasteiger partial charge in [0, 0.05) is 24.5 Å². The SMILES string of the molecule is Cc1ccc(N(CCO)CCO)cc1.Cc1ccc(N)cc1. The van der Waals surface area contributed by atoms with Crippen LogP contribution in [0.25, 0.3) is 0 Å². The van der Waals surface area contributed by atoms with Gasteiger partial charge in [-0.15, -0.1) is 0 Å². The minimum Gasteiger partial charge on any atom is -0.399 e. The number of aryl methyl sites for hydroxylation is 2. The van der Waals surface area contributed by atoms with Crippen molar-refractivity contribution < 1.29 is 10.2 Å². The van der Waals surface area contributed by atoms with Gasteiger partial charge in [0.25, 0.3) is 0 Å². The molecule has 0 atom stereocenters. The highest BCUT2D eigenvalue weighted by Gasteiger charge is 2.03. The summed E-state index contributed by atoms with van der Waals surface area (Å²) < 4.78 is 0. The highest BCUT2D eigenvalue weighted by Crippen LogP contribution is 2.14. The number of nitrogens with zero attached hydrogens (tertiary/aromatic N) is 1. The normalized spacial score (nSPS) is 9.82. The molecular weight excluding hydrogens is 276 g/mol. The number of aliphatic hydroxyl groups is 2. The van der Waals surface area contributed by atoms with Crippen LogP contribution in [-0.4, -0.2) is 36.5 Å². The van der Waals surface area contributed by atoms with E-state index in [1.807, 2.05) is 67.3 Å². The third kappa shape index (κ3) is 6.61. The van der Waals surface area contributed by atoms with Crippen LogP contribution in [0.5, 0.6) is 0 Å². The van der Waals surface area contributed by atoms with Gasteiger partial charge in [-0.1, -0.05) is 35.4 Å². The predicted molar refractivity (Wildman–Crippen MR) is 93.2 cm³/mol. The zero-order valence-corrected chi connectivity index (χ0v) is 13.4. The number of anilines is 2. The van der Waals surface area contributed by atoms with Crippen molar-refractivity contribution >= 4 is 11.4 Å². The van der Waals surface area contributed by atoms with Crippen molar-refractivity contribution in [3.05, 3.63) is 59.7 Å². The lowest BCUT2D eigenvalue weighted by molar-refractivity contribution is 0.281. The Morgan fingerprint density at radius 1 is 0.773 bits per heavy atom. The molecule has 2 aromatic carbocycles. The lowest BCUT2D eigenvalue weighted by Gasteiger charge is -2.22. The van der Waals surface area contributed by atoms with E-state index in [4.69, 9.17) is 15.9 Å². The Balaban J connectivity index is 0.000000255. The van der Waals surface area contributed by atoms with Gasteiger partial charge in [-0.2, -0.15) is 0 Å². The van der Waals surface area contributed by atoms with Gasteiger partial charge in [-0.25, -0.2) is 0 Å². The van der Waals surface area contributed by atoms with Gasteiger partial charge in [0.1, 0.15) is 0 Å². The maximum atomic E-state index is 8.86. The number of aliphatic hydroxyl groups excluding tert-OH is 2. The Morgan fingerprint density at radius 2 is 1.18 bits per heavy atom. The fourth-order valence-corrected chi connectivity index (χ4v) is 1.93. The van der Waals surface area contributed by atoms with Crippen LogP contribution >= 0.6 is 0 Å². The number of rotatable bonds is 5. The molecule has 4 nitrogen and oxygen atoms in total. The molecule has 0 amide bonds. The molecule has 2 rings (SSSR count). The Labute approximate surface area is 132 Å². The average molecular weight is 302 g/mol. The Bertz CT molecular complexity index is 497. The lowest BCUT2D eigenvalue weighted by Crippen LogP contribution is -2.29. The molecule has 120 valence electrons.